The van der Waals surface area contributed by atoms with E-state index in [0.29, 0.717) is 6.54 Å². The zero-order valence-corrected chi connectivity index (χ0v) is 14.3. The Morgan fingerprint density at radius 3 is 2.54 bits per heavy atom. The normalized spacial score (nSPS) is 21.0. The molecule has 24 heavy (non-hydrogen) atoms. The Morgan fingerprint density at radius 1 is 1.00 bits per heavy atom. The van der Waals surface area contributed by atoms with Crippen molar-refractivity contribution < 1.29 is 0 Å². The van der Waals surface area contributed by atoms with Gasteiger partial charge in [-0.05, 0) is 69.9 Å². The summed E-state index contributed by atoms with van der Waals surface area (Å²) in [6.45, 7) is 7.80. The predicted molar refractivity (Wildman–Crippen MR) is 94.3 cm³/mol. The molecule has 2 aliphatic rings. The zero-order chi connectivity index (χ0) is 16.4. The van der Waals surface area contributed by atoms with Crippen molar-refractivity contribution in [2.75, 3.05) is 39.3 Å². The van der Waals surface area contributed by atoms with Crippen molar-refractivity contribution in [3.63, 3.8) is 0 Å². The van der Waals surface area contributed by atoms with Gasteiger partial charge in [-0.2, -0.15) is 0 Å². The predicted octanol–water partition coefficient (Wildman–Crippen LogP) is 1.30. The number of rotatable bonds is 5. The maximum atomic E-state index is 12.3. The Labute approximate surface area is 142 Å². The van der Waals surface area contributed by atoms with Crippen molar-refractivity contribution in [2.45, 2.75) is 32.2 Å². The number of nitrogens with zero attached hydrogens (tertiary/aromatic N) is 5. The summed E-state index contributed by atoms with van der Waals surface area (Å²) in [6.07, 6.45) is 7.12. The zero-order valence-electron chi connectivity index (χ0n) is 14.3. The van der Waals surface area contributed by atoms with Gasteiger partial charge in [-0.1, -0.05) is 6.07 Å². The molecule has 4 rings (SSSR count). The molecule has 2 aromatic heterocycles. The first-order valence-corrected chi connectivity index (χ1v) is 9.28. The van der Waals surface area contributed by atoms with Gasteiger partial charge in [0.25, 0.3) is 0 Å². The lowest BCUT2D eigenvalue weighted by molar-refractivity contribution is 0.149. The SMILES string of the molecule is O=c1n(CCN2CCC(CN3CCCC3)CC2)nc2ccccn12. The molecule has 4 heterocycles. The van der Waals surface area contributed by atoms with Gasteiger partial charge < -0.3 is 9.80 Å². The first-order valence-electron chi connectivity index (χ1n) is 9.28. The van der Waals surface area contributed by atoms with Crippen LogP contribution in [0.4, 0.5) is 0 Å². The van der Waals surface area contributed by atoms with Crippen LogP contribution in [0.25, 0.3) is 5.65 Å². The Kier molecular flexibility index (Phi) is 4.67. The standard InChI is InChI=1S/C18H27N5O/c24-18-22-10-2-1-5-17(22)19-23(18)14-13-20-11-6-16(7-12-20)15-21-8-3-4-9-21/h1-2,5,10,16H,3-4,6-9,11-15H2. The van der Waals surface area contributed by atoms with Crippen molar-refractivity contribution in [3.05, 3.63) is 34.9 Å². The van der Waals surface area contributed by atoms with Crippen LogP contribution >= 0.6 is 0 Å². The van der Waals surface area contributed by atoms with Crippen LogP contribution in [0.5, 0.6) is 0 Å². The minimum absolute atomic E-state index is 0.0329. The Balaban J connectivity index is 1.27. The van der Waals surface area contributed by atoms with Crippen LogP contribution in [-0.4, -0.2) is 63.2 Å². The smallest absolute Gasteiger partial charge is 0.303 e. The molecule has 0 bridgehead atoms. The molecule has 2 fully saturated rings. The van der Waals surface area contributed by atoms with Gasteiger partial charge in [-0.15, -0.1) is 5.10 Å². The molecule has 0 aliphatic carbocycles. The molecule has 2 saturated heterocycles. The second kappa shape index (κ2) is 7.07. The van der Waals surface area contributed by atoms with Gasteiger partial charge in [0.2, 0.25) is 0 Å². The van der Waals surface area contributed by atoms with E-state index in [1.54, 1.807) is 15.3 Å². The summed E-state index contributed by atoms with van der Waals surface area (Å²) in [5.74, 6) is 0.859. The van der Waals surface area contributed by atoms with E-state index >= 15 is 0 Å². The molecule has 0 atom stereocenters. The van der Waals surface area contributed by atoms with E-state index in [0.717, 1.165) is 31.2 Å². The Hall–Kier alpha value is -1.66. The summed E-state index contributed by atoms with van der Waals surface area (Å²) in [6, 6.07) is 5.66. The van der Waals surface area contributed by atoms with E-state index in [1.165, 1.54) is 45.3 Å². The van der Waals surface area contributed by atoms with E-state index in [4.69, 9.17) is 0 Å². The van der Waals surface area contributed by atoms with Crippen molar-refractivity contribution in [3.8, 4) is 0 Å². The van der Waals surface area contributed by atoms with Crippen LogP contribution in [0.3, 0.4) is 0 Å². The number of hydrogen-bond donors (Lipinski definition) is 0. The maximum Gasteiger partial charge on any atom is 0.350 e. The minimum atomic E-state index is -0.0329. The van der Waals surface area contributed by atoms with E-state index in [1.807, 2.05) is 18.2 Å². The molecular formula is C18H27N5O. The number of fused-ring (bicyclic) bond motifs is 1. The van der Waals surface area contributed by atoms with E-state index < -0.39 is 0 Å². The van der Waals surface area contributed by atoms with Gasteiger partial charge >= 0.3 is 5.69 Å². The molecule has 0 amide bonds. The number of aromatic nitrogens is 3. The summed E-state index contributed by atoms with van der Waals surface area (Å²) < 4.78 is 3.22. The van der Waals surface area contributed by atoms with Gasteiger partial charge in [0.1, 0.15) is 0 Å². The average molecular weight is 329 g/mol. The quantitative estimate of drug-likeness (QED) is 0.830. The average Bonchev–Trinajstić information content (AvgIpc) is 3.23. The lowest BCUT2D eigenvalue weighted by Gasteiger charge is -2.33. The summed E-state index contributed by atoms with van der Waals surface area (Å²) in [7, 11) is 0. The summed E-state index contributed by atoms with van der Waals surface area (Å²) >= 11 is 0. The summed E-state index contributed by atoms with van der Waals surface area (Å²) in [5, 5.41) is 4.41. The summed E-state index contributed by atoms with van der Waals surface area (Å²) in [5.41, 5.74) is 0.696. The minimum Gasteiger partial charge on any atom is -0.303 e. The highest BCUT2D eigenvalue weighted by molar-refractivity contribution is 5.35. The first kappa shape index (κ1) is 15.8. The second-order valence-corrected chi connectivity index (χ2v) is 7.23. The highest BCUT2D eigenvalue weighted by Crippen LogP contribution is 2.20. The molecule has 0 unspecified atom stereocenters. The third-order valence-electron chi connectivity index (χ3n) is 5.54. The largest absolute Gasteiger partial charge is 0.350 e. The lowest BCUT2D eigenvalue weighted by Crippen LogP contribution is -2.40. The lowest BCUT2D eigenvalue weighted by atomic mass is 9.96. The highest BCUT2D eigenvalue weighted by atomic mass is 16.2. The molecule has 0 N–H and O–H groups in total. The second-order valence-electron chi connectivity index (χ2n) is 7.23. The maximum absolute atomic E-state index is 12.3. The van der Waals surface area contributed by atoms with Crippen molar-refractivity contribution >= 4 is 5.65 Å². The molecular weight excluding hydrogens is 302 g/mol. The molecule has 0 aromatic carbocycles. The molecule has 130 valence electrons. The molecule has 0 radical (unpaired) electrons. The fourth-order valence-corrected chi connectivity index (χ4v) is 4.07. The van der Waals surface area contributed by atoms with Crippen molar-refractivity contribution in [1.29, 1.82) is 0 Å². The monoisotopic (exact) mass is 329 g/mol. The van der Waals surface area contributed by atoms with Crippen LogP contribution in [-0.2, 0) is 6.54 Å². The van der Waals surface area contributed by atoms with Crippen molar-refractivity contribution in [2.24, 2.45) is 5.92 Å². The molecule has 6 heteroatoms. The van der Waals surface area contributed by atoms with Gasteiger partial charge in [0.15, 0.2) is 5.65 Å². The third-order valence-corrected chi connectivity index (χ3v) is 5.54. The Bertz CT molecular complexity index is 722. The van der Waals surface area contributed by atoms with Crippen LogP contribution in [0.1, 0.15) is 25.7 Å². The van der Waals surface area contributed by atoms with Crippen LogP contribution in [0.2, 0.25) is 0 Å². The number of pyridine rings is 1. The number of hydrogen-bond acceptors (Lipinski definition) is 4. The van der Waals surface area contributed by atoms with Crippen LogP contribution < -0.4 is 5.69 Å². The van der Waals surface area contributed by atoms with Gasteiger partial charge in [0.05, 0.1) is 6.54 Å². The summed E-state index contributed by atoms with van der Waals surface area (Å²) in [4.78, 5) is 17.4. The van der Waals surface area contributed by atoms with Gasteiger partial charge in [0, 0.05) is 19.3 Å². The van der Waals surface area contributed by atoms with Gasteiger partial charge in [-0.3, -0.25) is 4.40 Å². The molecule has 0 saturated carbocycles. The first-order chi connectivity index (χ1) is 11.8. The van der Waals surface area contributed by atoms with Crippen LogP contribution in [0, 0.1) is 5.92 Å². The molecule has 2 aromatic rings. The fraction of sp³-hybridized carbons (Fsp3) is 0.667. The number of piperidine rings is 1. The van der Waals surface area contributed by atoms with E-state index in [9.17, 15) is 4.79 Å². The van der Waals surface area contributed by atoms with Crippen molar-refractivity contribution in [1.82, 2.24) is 24.0 Å². The van der Waals surface area contributed by atoms with E-state index in [-0.39, 0.29) is 5.69 Å². The van der Waals surface area contributed by atoms with E-state index in [2.05, 4.69) is 14.9 Å². The Morgan fingerprint density at radius 2 is 1.79 bits per heavy atom. The third kappa shape index (κ3) is 3.39. The molecule has 6 nitrogen and oxygen atoms in total. The van der Waals surface area contributed by atoms with Crippen LogP contribution in [0.15, 0.2) is 29.2 Å². The molecule has 2 aliphatic heterocycles. The number of likely N-dealkylation sites (tertiary alicyclic amines) is 2. The highest BCUT2D eigenvalue weighted by Gasteiger charge is 2.22. The van der Waals surface area contributed by atoms with Gasteiger partial charge in [-0.25, -0.2) is 9.48 Å². The topological polar surface area (TPSA) is 45.8 Å². The molecule has 0 spiro atoms. The fourth-order valence-electron chi connectivity index (χ4n) is 4.07.